The molecule has 0 saturated heterocycles. The number of hydrogen-bond acceptors (Lipinski definition) is 6. The van der Waals surface area contributed by atoms with Crippen molar-refractivity contribution in [1.29, 1.82) is 0 Å². The highest BCUT2D eigenvalue weighted by Gasteiger charge is 2.03. The van der Waals surface area contributed by atoms with E-state index in [-0.39, 0.29) is 5.78 Å². The molecule has 0 amide bonds. The lowest BCUT2D eigenvalue weighted by atomic mass is 10.4. The summed E-state index contributed by atoms with van der Waals surface area (Å²) in [6.45, 7) is 1.61. The van der Waals surface area contributed by atoms with Crippen molar-refractivity contribution in [3.63, 3.8) is 0 Å². The quantitative estimate of drug-likeness (QED) is 0.732. The summed E-state index contributed by atoms with van der Waals surface area (Å²) in [4.78, 5) is 10.6. The second-order valence-electron chi connectivity index (χ2n) is 2.34. The Morgan fingerprint density at radius 1 is 1.46 bits per heavy atom. The second kappa shape index (κ2) is 5.62. The highest BCUT2D eigenvalue weighted by Crippen LogP contribution is 2.27. The minimum atomic E-state index is 0.224. The van der Waals surface area contributed by atoms with Gasteiger partial charge in [0.15, 0.2) is 8.68 Å². The van der Waals surface area contributed by atoms with E-state index in [9.17, 15) is 4.79 Å². The van der Waals surface area contributed by atoms with Crippen LogP contribution in [0.15, 0.2) is 8.68 Å². The monoisotopic (exact) mass is 234 g/mol. The van der Waals surface area contributed by atoms with Gasteiger partial charge in [-0.15, -0.1) is 10.2 Å². The van der Waals surface area contributed by atoms with Crippen molar-refractivity contribution in [2.24, 2.45) is 0 Å². The molecule has 0 atom stereocenters. The summed E-state index contributed by atoms with van der Waals surface area (Å²) in [7, 11) is 0. The van der Waals surface area contributed by atoms with Gasteiger partial charge >= 0.3 is 0 Å². The highest BCUT2D eigenvalue weighted by atomic mass is 32.2. The third-order valence-electron chi connectivity index (χ3n) is 1.24. The van der Waals surface area contributed by atoms with Gasteiger partial charge in [-0.05, 0) is 13.2 Å². The van der Waals surface area contributed by atoms with E-state index in [4.69, 9.17) is 0 Å². The molecule has 1 rings (SSSR count). The molecule has 0 aromatic carbocycles. The van der Waals surface area contributed by atoms with E-state index in [1.54, 1.807) is 41.8 Å². The van der Waals surface area contributed by atoms with Gasteiger partial charge in [0.2, 0.25) is 0 Å². The van der Waals surface area contributed by atoms with Gasteiger partial charge in [-0.3, -0.25) is 4.79 Å². The summed E-state index contributed by atoms with van der Waals surface area (Å²) in [5.74, 6) is 1.03. The van der Waals surface area contributed by atoms with Crippen LogP contribution in [0.2, 0.25) is 0 Å². The van der Waals surface area contributed by atoms with Gasteiger partial charge in [0.1, 0.15) is 5.78 Å². The molecule has 0 aliphatic rings. The van der Waals surface area contributed by atoms with Crippen molar-refractivity contribution in [2.45, 2.75) is 22.0 Å². The van der Waals surface area contributed by atoms with Crippen molar-refractivity contribution in [3.8, 4) is 0 Å². The van der Waals surface area contributed by atoms with Crippen molar-refractivity contribution < 1.29 is 4.79 Å². The van der Waals surface area contributed by atoms with Gasteiger partial charge < -0.3 is 0 Å². The molecular weight excluding hydrogens is 224 g/mol. The van der Waals surface area contributed by atoms with Gasteiger partial charge in [-0.1, -0.05) is 34.9 Å². The molecule has 0 unspecified atom stereocenters. The fourth-order valence-corrected chi connectivity index (χ4v) is 3.17. The van der Waals surface area contributed by atoms with Gasteiger partial charge in [0, 0.05) is 12.2 Å². The van der Waals surface area contributed by atoms with Crippen molar-refractivity contribution in [1.82, 2.24) is 10.2 Å². The lowest BCUT2D eigenvalue weighted by Gasteiger charge is -1.91. The molecule has 0 fully saturated rings. The zero-order valence-electron chi connectivity index (χ0n) is 7.44. The van der Waals surface area contributed by atoms with Crippen molar-refractivity contribution in [3.05, 3.63) is 0 Å². The van der Waals surface area contributed by atoms with Gasteiger partial charge in [0.25, 0.3) is 0 Å². The second-order valence-corrected chi connectivity index (χ2v) is 5.71. The summed E-state index contributed by atoms with van der Waals surface area (Å²) >= 11 is 4.77. The number of carbonyl (C=O) groups is 1. The molecule has 0 radical (unpaired) electrons. The smallest absolute Gasteiger partial charge is 0.175 e. The number of rotatable bonds is 5. The van der Waals surface area contributed by atoms with Crippen LogP contribution >= 0.6 is 34.9 Å². The van der Waals surface area contributed by atoms with Crippen LogP contribution in [0.3, 0.4) is 0 Å². The Hall–Kier alpha value is -0.0700. The van der Waals surface area contributed by atoms with E-state index in [1.165, 1.54) is 0 Å². The lowest BCUT2D eigenvalue weighted by molar-refractivity contribution is -0.116. The van der Waals surface area contributed by atoms with Crippen molar-refractivity contribution >= 4 is 40.6 Å². The Morgan fingerprint density at radius 3 is 2.69 bits per heavy atom. The topological polar surface area (TPSA) is 42.9 Å². The summed E-state index contributed by atoms with van der Waals surface area (Å²) in [5, 5.41) is 7.94. The van der Waals surface area contributed by atoms with Crippen LogP contribution in [0.25, 0.3) is 0 Å². The van der Waals surface area contributed by atoms with E-state index in [2.05, 4.69) is 10.2 Å². The number of Topliss-reactive ketones (excluding diaryl/α,β-unsaturated/α-hetero) is 1. The first-order valence-electron chi connectivity index (χ1n) is 3.72. The molecule has 1 aromatic heterocycles. The standard InChI is InChI=1S/C7H10N2OS3/c1-5(10)3-4-12-7-9-8-6(11-2)13-7/h3-4H2,1-2H3. The largest absolute Gasteiger partial charge is 0.300 e. The van der Waals surface area contributed by atoms with Crippen molar-refractivity contribution in [2.75, 3.05) is 12.0 Å². The number of nitrogens with zero attached hydrogens (tertiary/aromatic N) is 2. The maximum Gasteiger partial charge on any atom is 0.175 e. The fourth-order valence-electron chi connectivity index (χ4n) is 0.620. The molecule has 0 aliphatic carbocycles. The average molecular weight is 234 g/mol. The molecule has 1 aromatic rings. The third kappa shape index (κ3) is 4.10. The predicted octanol–water partition coefficient (Wildman–Crippen LogP) is 2.33. The maximum atomic E-state index is 10.6. The van der Waals surface area contributed by atoms with Crippen LogP contribution in [-0.2, 0) is 4.79 Å². The summed E-state index contributed by atoms with van der Waals surface area (Å²) in [6.07, 6.45) is 2.59. The molecule has 0 spiro atoms. The van der Waals surface area contributed by atoms with E-state index in [0.717, 1.165) is 14.4 Å². The Balaban J connectivity index is 2.32. The van der Waals surface area contributed by atoms with Gasteiger partial charge in [0.05, 0.1) is 0 Å². The van der Waals surface area contributed by atoms with Gasteiger partial charge in [-0.25, -0.2) is 0 Å². The molecule has 13 heavy (non-hydrogen) atoms. The molecule has 0 saturated carbocycles. The zero-order chi connectivity index (χ0) is 9.68. The van der Waals surface area contributed by atoms with Gasteiger partial charge in [-0.2, -0.15) is 0 Å². The number of aromatic nitrogens is 2. The fraction of sp³-hybridized carbons (Fsp3) is 0.571. The van der Waals surface area contributed by atoms with Crippen LogP contribution in [0.4, 0.5) is 0 Å². The van der Waals surface area contributed by atoms with Crippen LogP contribution in [0.1, 0.15) is 13.3 Å². The molecule has 0 bridgehead atoms. The summed E-state index contributed by atoms with van der Waals surface area (Å²) in [6, 6.07) is 0. The first-order valence-corrected chi connectivity index (χ1v) is 6.75. The Bertz CT molecular complexity index is 287. The number of ketones is 1. The van der Waals surface area contributed by atoms with Crippen LogP contribution in [0, 0.1) is 0 Å². The molecular formula is C7H10N2OS3. The predicted molar refractivity (Wildman–Crippen MR) is 57.7 cm³/mol. The third-order valence-corrected chi connectivity index (χ3v) is 4.28. The van der Waals surface area contributed by atoms with E-state index in [1.807, 2.05) is 6.26 Å². The highest BCUT2D eigenvalue weighted by molar-refractivity contribution is 8.02. The van der Waals surface area contributed by atoms with Crippen LogP contribution in [0.5, 0.6) is 0 Å². The molecule has 3 nitrogen and oxygen atoms in total. The number of hydrogen-bond donors (Lipinski definition) is 0. The minimum absolute atomic E-state index is 0.224. The number of carbonyl (C=O) groups excluding carboxylic acids is 1. The Labute approximate surface area is 89.7 Å². The maximum absolute atomic E-state index is 10.6. The summed E-state index contributed by atoms with van der Waals surface area (Å²) < 4.78 is 1.93. The molecule has 6 heteroatoms. The Morgan fingerprint density at radius 2 is 2.15 bits per heavy atom. The average Bonchev–Trinajstić information content (AvgIpc) is 2.52. The lowest BCUT2D eigenvalue weighted by Crippen LogP contribution is -1.91. The zero-order valence-corrected chi connectivity index (χ0v) is 9.89. The first-order chi connectivity index (χ1) is 6.22. The molecule has 0 N–H and O–H groups in total. The first kappa shape index (κ1) is 11.0. The molecule has 0 aliphatic heterocycles. The Kier molecular flexibility index (Phi) is 4.76. The summed E-state index contributed by atoms with van der Waals surface area (Å²) in [5.41, 5.74) is 0. The van der Waals surface area contributed by atoms with Crippen LogP contribution < -0.4 is 0 Å². The molecule has 1 heterocycles. The van der Waals surface area contributed by atoms with E-state index in [0.29, 0.717) is 6.42 Å². The van der Waals surface area contributed by atoms with E-state index >= 15 is 0 Å². The number of thioether (sulfide) groups is 2. The van der Waals surface area contributed by atoms with Crippen LogP contribution in [-0.4, -0.2) is 28.0 Å². The van der Waals surface area contributed by atoms with E-state index < -0.39 is 0 Å². The minimum Gasteiger partial charge on any atom is -0.300 e. The SMILES string of the molecule is CSc1nnc(SCCC(C)=O)s1. The normalized spacial score (nSPS) is 10.3. The molecule has 72 valence electrons.